The predicted molar refractivity (Wildman–Crippen MR) is 130 cm³/mol. The molecule has 1 heterocycles. The van der Waals surface area contributed by atoms with E-state index >= 15 is 0 Å². The Balaban J connectivity index is 1.62. The van der Waals surface area contributed by atoms with E-state index in [2.05, 4.69) is 5.32 Å². The number of benzene rings is 3. The first-order valence-corrected chi connectivity index (χ1v) is 10.7. The number of hydrogen-bond acceptors (Lipinski definition) is 3. The highest BCUT2D eigenvalue weighted by Gasteiger charge is 2.15. The maximum absolute atomic E-state index is 12.5. The first-order valence-electron chi connectivity index (χ1n) is 10.3. The van der Waals surface area contributed by atoms with Crippen LogP contribution in [0.4, 0.5) is 0 Å². The summed E-state index contributed by atoms with van der Waals surface area (Å²) in [5.74, 6) is 0.491. The number of furan rings is 1. The van der Waals surface area contributed by atoms with Crippen LogP contribution in [-0.4, -0.2) is 13.0 Å². The number of carbonyl (C=O) groups excluding carboxylic acids is 1. The van der Waals surface area contributed by atoms with Gasteiger partial charge in [0.1, 0.15) is 11.3 Å². The first-order chi connectivity index (χ1) is 15.4. The molecule has 3 aromatic carbocycles. The lowest BCUT2D eigenvalue weighted by Crippen LogP contribution is -2.20. The van der Waals surface area contributed by atoms with Crippen molar-refractivity contribution in [2.24, 2.45) is 0 Å². The molecule has 0 spiro atoms. The third-order valence-electron chi connectivity index (χ3n) is 5.41. The van der Waals surface area contributed by atoms with Gasteiger partial charge >= 0.3 is 0 Å². The molecule has 1 amide bonds. The molecule has 4 nitrogen and oxygen atoms in total. The number of allylic oxidation sites excluding steroid dienone is 1. The number of nitrogens with one attached hydrogen (secondary N) is 1. The van der Waals surface area contributed by atoms with Crippen LogP contribution >= 0.6 is 11.6 Å². The molecule has 0 saturated carbocycles. The molecule has 32 heavy (non-hydrogen) atoms. The molecule has 0 saturated heterocycles. The average molecular weight is 446 g/mol. The number of amides is 1. The Bertz CT molecular complexity index is 1290. The quantitative estimate of drug-likeness (QED) is 0.332. The molecule has 0 unspecified atom stereocenters. The summed E-state index contributed by atoms with van der Waals surface area (Å²) < 4.78 is 11.4. The molecule has 0 radical (unpaired) electrons. The zero-order valence-electron chi connectivity index (χ0n) is 18.2. The maximum atomic E-state index is 12.5. The van der Waals surface area contributed by atoms with Gasteiger partial charge in [0.05, 0.1) is 13.4 Å². The van der Waals surface area contributed by atoms with Gasteiger partial charge in [-0.3, -0.25) is 4.79 Å². The fraction of sp³-hybridized carbons (Fsp3) is 0.148. The standard InChI is InChI=1S/C27H24ClNO3/c1-17-4-6-19(7-5-17)15-29-27(30)12-18(2)22-13-23-24(20-8-10-21(28)11-9-20)16-32-26(23)14-25(22)31-3/h4-14,16H,15H2,1-3H3,(H,29,30)/b18-12+. The van der Waals surface area contributed by atoms with Crippen molar-refractivity contribution in [1.29, 1.82) is 0 Å². The van der Waals surface area contributed by atoms with Crippen molar-refractivity contribution in [3.05, 3.63) is 94.7 Å². The molecule has 4 rings (SSSR count). The molecular formula is C27H24ClNO3. The number of rotatable bonds is 6. The largest absolute Gasteiger partial charge is 0.496 e. The lowest BCUT2D eigenvalue weighted by Gasteiger charge is -2.10. The fourth-order valence-corrected chi connectivity index (χ4v) is 3.73. The van der Waals surface area contributed by atoms with Gasteiger partial charge in [-0.25, -0.2) is 0 Å². The highest BCUT2D eigenvalue weighted by Crippen LogP contribution is 2.37. The van der Waals surface area contributed by atoms with Gasteiger partial charge in [0.25, 0.3) is 0 Å². The minimum absolute atomic E-state index is 0.157. The van der Waals surface area contributed by atoms with Crippen LogP contribution in [0.15, 0.2) is 77.4 Å². The molecule has 1 N–H and O–H groups in total. The van der Waals surface area contributed by atoms with Gasteiger partial charge < -0.3 is 14.5 Å². The second-order valence-electron chi connectivity index (χ2n) is 7.74. The lowest BCUT2D eigenvalue weighted by molar-refractivity contribution is -0.116. The van der Waals surface area contributed by atoms with E-state index < -0.39 is 0 Å². The number of carbonyl (C=O) groups is 1. The Hall–Kier alpha value is -3.50. The summed E-state index contributed by atoms with van der Waals surface area (Å²) >= 11 is 6.03. The third kappa shape index (κ3) is 4.71. The fourth-order valence-electron chi connectivity index (χ4n) is 3.61. The van der Waals surface area contributed by atoms with E-state index in [4.69, 9.17) is 20.8 Å². The van der Waals surface area contributed by atoms with E-state index in [0.29, 0.717) is 22.9 Å². The molecule has 162 valence electrons. The normalized spacial score (nSPS) is 11.6. The van der Waals surface area contributed by atoms with E-state index in [1.807, 2.05) is 74.5 Å². The van der Waals surface area contributed by atoms with Crippen molar-refractivity contribution in [1.82, 2.24) is 5.32 Å². The number of halogens is 1. The summed E-state index contributed by atoms with van der Waals surface area (Å²) in [5, 5.41) is 4.56. The Morgan fingerprint density at radius 3 is 2.50 bits per heavy atom. The molecule has 0 aliphatic heterocycles. The van der Waals surface area contributed by atoms with Crippen molar-refractivity contribution in [2.45, 2.75) is 20.4 Å². The Morgan fingerprint density at radius 1 is 1.09 bits per heavy atom. The van der Waals surface area contributed by atoms with Crippen LogP contribution in [0.1, 0.15) is 23.6 Å². The van der Waals surface area contributed by atoms with Gasteiger partial charge in [-0.2, -0.15) is 0 Å². The SMILES string of the molecule is COc1cc2occ(-c3ccc(Cl)cc3)c2cc1/C(C)=C/C(=O)NCc1ccc(C)cc1. The first kappa shape index (κ1) is 21.7. The topological polar surface area (TPSA) is 51.5 Å². The van der Waals surface area contributed by atoms with Crippen LogP contribution < -0.4 is 10.1 Å². The maximum Gasteiger partial charge on any atom is 0.244 e. The van der Waals surface area contributed by atoms with Gasteiger partial charge in [0.2, 0.25) is 5.91 Å². The third-order valence-corrected chi connectivity index (χ3v) is 5.66. The zero-order valence-corrected chi connectivity index (χ0v) is 19.0. The number of aryl methyl sites for hydroxylation is 1. The average Bonchev–Trinajstić information content (AvgIpc) is 3.21. The van der Waals surface area contributed by atoms with Crippen molar-refractivity contribution < 1.29 is 13.9 Å². The Kier molecular flexibility index (Phi) is 6.33. The Labute approximate surface area is 192 Å². The van der Waals surface area contributed by atoms with E-state index in [9.17, 15) is 4.79 Å². The number of fused-ring (bicyclic) bond motifs is 1. The lowest BCUT2D eigenvalue weighted by atomic mass is 9.99. The van der Waals surface area contributed by atoms with Crippen molar-refractivity contribution >= 4 is 34.1 Å². The highest BCUT2D eigenvalue weighted by atomic mass is 35.5. The molecule has 0 atom stereocenters. The smallest absolute Gasteiger partial charge is 0.244 e. The monoisotopic (exact) mass is 445 g/mol. The molecule has 0 bridgehead atoms. The summed E-state index contributed by atoms with van der Waals surface area (Å²) in [6, 6.07) is 19.6. The van der Waals surface area contributed by atoms with Crippen LogP contribution in [0.25, 0.3) is 27.7 Å². The van der Waals surface area contributed by atoms with Crippen LogP contribution in [0.2, 0.25) is 5.02 Å². The minimum atomic E-state index is -0.157. The van der Waals surface area contributed by atoms with Crippen LogP contribution in [-0.2, 0) is 11.3 Å². The molecule has 0 fully saturated rings. The van der Waals surface area contributed by atoms with Crippen molar-refractivity contribution in [3.8, 4) is 16.9 Å². The van der Waals surface area contributed by atoms with E-state index in [1.165, 1.54) is 5.56 Å². The van der Waals surface area contributed by atoms with Gasteiger partial charge in [-0.1, -0.05) is 53.6 Å². The van der Waals surface area contributed by atoms with E-state index in [-0.39, 0.29) is 5.91 Å². The van der Waals surface area contributed by atoms with E-state index in [0.717, 1.165) is 33.2 Å². The number of ether oxygens (including phenoxy) is 1. The second-order valence-corrected chi connectivity index (χ2v) is 8.17. The molecular weight excluding hydrogens is 422 g/mol. The predicted octanol–water partition coefficient (Wildman–Crippen LogP) is 6.79. The van der Waals surface area contributed by atoms with Crippen LogP contribution in [0.5, 0.6) is 5.75 Å². The number of methoxy groups -OCH3 is 1. The molecule has 0 aliphatic rings. The van der Waals surface area contributed by atoms with Crippen LogP contribution in [0, 0.1) is 6.92 Å². The summed E-state index contributed by atoms with van der Waals surface area (Å²) in [4.78, 5) is 12.5. The highest BCUT2D eigenvalue weighted by molar-refractivity contribution is 6.30. The van der Waals surface area contributed by atoms with Gasteiger partial charge in [0.15, 0.2) is 0 Å². The second kappa shape index (κ2) is 9.33. The van der Waals surface area contributed by atoms with E-state index in [1.54, 1.807) is 19.4 Å². The zero-order chi connectivity index (χ0) is 22.7. The van der Waals surface area contributed by atoms with Gasteiger partial charge in [0, 0.05) is 40.2 Å². The van der Waals surface area contributed by atoms with Gasteiger partial charge in [-0.05, 0) is 48.7 Å². The Morgan fingerprint density at radius 2 is 1.81 bits per heavy atom. The molecule has 4 aromatic rings. The summed E-state index contributed by atoms with van der Waals surface area (Å²) in [5.41, 5.74) is 6.55. The van der Waals surface area contributed by atoms with Gasteiger partial charge in [-0.15, -0.1) is 0 Å². The minimum Gasteiger partial charge on any atom is -0.496 e. The molecule has 5 heteroatoms. The summed E-state index contributed by atoms with van der Waals surface area (Å²) in [6.45, 7) is 4.41. The molecule has 0 aliphatic carbocycles. The summed E-state index contributed by atoms with van der Waals surface area (Å²) in [6.07, 6.45) is 3.32. The van der Waals surface area contributed by atoms with Crippen molar-refractivity contribution in [3.63, 3.8) is 0 Å². The number of hydrogen-bond donors (Lipinski definition) is 1. The molecule has 1 aromatic heterocycles. The van der Waals surface area contributed by atoms with Crippen LogP contribution in [0.3, 0.4) is 0 Å². The summed E-state index contributed by atoms with van der Waals surface area (Å²) in [7, 11) is 1.61. The van der Waals surface area contributed by atoms with Crippen molar-refractivity contribution in [2.75, 3.05) is 7.11 Å².